The summed E-state index contributed by atoms with van der Waals surface area (Å²) in [5.74, 6) is 0. The largest absolute Gasteiger partial charge is 0.312 e. The molecule has 1 aliphatic rings. The van der Waals surface area contributed by atoms with Gasteiger partial charge in [0, 0.05) is 5.41 Å². The third-order valence-electron chi connectivity index (χ3n) is 11.4. The molecule has 0 saturated heterocycles. The van der Waals surface area contributed by atoms with Crippen LogP contribution in [0.3, 0.4) is 0 Å². The number of hydrogen-bond acceptors (Lipinski definition) is 2. The molecule has 1 aliphatic carbocycles. The Hall–Kier alpha value is -6.32. The molecule has 0 saturated carbocycles. The Bertz CT molecular complexity index is 2660. The normalized spacial score (nSPS) is 14.1. The number of hydrogen-bond donors (Lipinski definition) is 2. The van der Waals surface area contributed by atoms with Gasteiger partial charge in [0.1, 0.15) is 0 Å². The van der Waals surface area contributed by atoms with Crippen molar-refractivity contribution < 1.29 is 0 Å². The fraction of sp³-hybridized carbons (Fsp3) is 0.0943. The lowest BCUT2D eigenvalue weighted by Gasteiger charge is -2.25. The van der Waals surface area contributed by atoms with E-state index in [1.807, 2.05) is 18.2 Å². The molecule has 0 heterocycles. The SMILES string of the molecule is CC1(C)c2cc3ccccc3cc2-c2c(-c3ccccc3/C=C/C(NC(N)c3ccccc3)c3cc(-c4ccccc4)ccc3-c3ccccc3)cccc21. The summed E-state index contributed by atoms with van der Waals surface area (Å²) in [6.45, 7) is 4.73. The van der Waals surface area contributed by atoms with Gasteiger partial charge in [0.2, 0.25) is 0 Å². The van der Waals surface area contributed by atoms with Crippen LogP contribution in [0, 0.1) is 0 Å². The zero-order valence-electron chi connectivity index (χ0n) is 31.3. The van der Waals surface area contributed by atoms with E-state index in [9.17, 15) is 0 Å². The Morgan fingerprint density at radius 1 is 0.491 bits per heavy atom. The maximum absolute atomic E-state index is 6.99. The van der Waals surface area contributed by atoms with Crippen LogP contribution >= 0.6 is 0 Å². The van der Waals surface area contributed by atoms with Crippen LogP contribution in [0.5, 0.6) is 0 Å². The van der Waals surface area contributed by atoms with Crippen LogP contribution < -0.4 is 11.1 Å². The average Bonchev–Trinajstić information content (AvgIpc) is 3.47. The highest BCUT2D eigenvalue weighted by molar-refractivity contribution is 5.99. The second-order valence-electron chi connectivity index (χ2n) is 15.1. The van der Waals surface area contributed by atoms with Crippen molar-refractivity contribution in [1.82, 2.24) is 5.32 Å². The molecule has 55 heavy (non-hydrogen) atoms. The minimum Gasteiger partial charge on any atom is -0.312 e. The number of fused-ring (bicyclic) bond motifs is 4. The summed E-state index contributed by atoms with van der Waals surface area (Å²) in [6.07, 6.45) is 4.20. The Kier molecular flexibility index (Phi) is 9.07. The van der Waals surface area contributed by atoms with E-state index in [1.54, 1.807) is 0 Å². The van der Waals surface area contributed by atoms with Gasteiger partial charge in [-0.15, -0.1) is 0 Å². The predicted molar refractivity (Wildman–Crippen MR) is 233 cm³/mol. The Morgan fingerprint density at radius 2 is 1.11 bits per heavy atom. The third kappa shape index (κ3) is 6.50. The van der Waals surface area contributed by atoms with Crippen LogP contribution in [-0.2, 0) is 5.41 Å². The first-order chi connectivity index (χ1) is 27.0. The van der Waals surface area contributed by atoms with E-state index >= 15 is 0 Å². The van der Waals surface area contributed by atoms with Crippen LogP contribution in [0.15, 0.2) is 194 Å². The van der Waals surface area contributed by atoms with Gasteiger partial charge in [-0.05, 0) is 101 Å². The Morgan fingerprint density at radius 3 is 1.85 bits per heavy atom. The topological polar surface area (TPSA) is 38.0 Å². The smallest absolute Gasteiger partial charge is 0.0817 e. The van der Waals surface area contributed by atoms with E-state index in [2.05, 4.69) is 201 Å². The molecule has 2 atom stereocenters. The second-order valence-corrected chi connectivity index (χ2v) is 15.1. The number of nitrogens with one attached hydrogen (secondary N) is 1. The first-order valence-corrected chi connectivity index (χ1v) is 19.2. The van der Waals surface area contributed by atoms with Crippen molar-refractivity contribution in [3.8, 4) is 44.5 Å². The van der Waals surface area contributed by atoms with E-state index in [1.165, 1.54) is 60.8 Å². The van der Waals surface area contributed by atoms with Crippen LogP contribution in [0.25, 0.3) is 61.4 Å². The van der Waals surface area contributed by atoms with Crippen LogP contribution in [0.4, 0.5) is 0 Å². The summed E-state index contributed by atoms with van der Waals surface area (Å²) in [4.78, 5) is 0. The van der Waals surface area contributed by atoms with E-state index < -0.39 is 0 Å². The van der Waals surface area contributed by atoms with Gasteiger partial charge in [-0.3, -0.25) is 5.32 Å². The fourth-order valence-electron chi connectivity index (χ4n) is 8.49. The lowest BCUT2D eigenvalue weighted by atomic mass is 9.81. The highest BCUT2D eigenvalue weighted by Gasteiger charge is 2.37. The van der Waals surface area contributed by atoms with Crippen molar-refractivity contribution in [3.63, 3.8) is 0 Å². The lowest BCUT2D eigenvalue weighted by molar-refractivity contribution is 0.510. The summed E-state index contributed by atoms with van der Waals surface area (Å²) in [5, 5.41) is 6.39. The summed E-state index contributed by atoms with van der Waals surface area (Å²) in [6, 6.07) is 67.3. The Labute approximate surface area is 324 Å². The number of nitrogens with two attached hydrogens (primary N) is 1. The van der Waals surface area contributed by atoms with Gasteiger partial charge < -0.3 is 5.73 Å². The summed E-state index contributed by atoms with van der Waals surface area (Å²) in [7, 11) is 0. The minimum atomic E-state index is -0.388. The van der Waals surface area contributed by atoms with Gasteiger partial charge in [-0.1, -0.05) is 196 Å². The van der Waals surface area contributed by atoms with E-state index in [4.69, 9.17) is 5.73 Å². The highest BCUT2D eigenvalue weighted by atomic mass is 15.0. The zero-order valence-corrected chi connectivity index (χ0v) is 31.3. The van der Waals surface area contributed by atoms with Gasteiger partial charge in [0.05, 0.1) is 12.2 Å². The van der Waals surface area contributed by atoms with E-state index in [0.29, 0.717) is 0 Å². The quantitative estimate of drug-likeness (QED) is 0.147. The molecule has 3 N–H and O–H groups in total. The van der Waals surface area contributed by atoms with E-state index in [0.717, 1.165) is 22.3 Å². The number of rotatable bonds is 9. The van der Waals surface area contributed by atoms with Gasteiger partial charge in [-0.25, -0.2) is 0 Å². The summed E-state index contributed by atoms with van der Waals surface area (Å²) in [5.41, 5.74) is 22.8. The van der Waals surface area contributed by atoms with E-state index in [-0.39, 0.29) is 17.6 Å². The standard InChI is InChI=1S/C53H44N2/c1-53(2)48-28-16-27-45(51(48)47-34-40-24-12-13-25-41(40)35-49(47)53)43-26-15-14-21-38(43)30-32-50(55-52(54)39-22-10-5-11-23-39)46-33-42(36-17-6-3-7-18-36)29-31-44(46)37-19-8-4-9-20-37/h3-35,50,52,55H,54H2,1-2H3/b32-30+. The lowest BCUT2D eigenvalue weighted by Crippen LogP contribution is -2.31. The molecule has 266 valence electrons. The minimum absolute atomic E-state index is 0.115. The first kappa shape index (κ1) is 34.4. The summed E-state index contributed by atoms with van der Waals surface area (Å²) >= 11 is 0. The molecule has 0 radical (unpaired) electrons. The van der Waals surface area contributed by atoms with Crippen molar-refractivity contribution in [1.29, 1.82) is 0 Å². The maximum atomic E-state index is 6.99. The molecule has 0 amide bonds. The highest BCUT2D eigenvalue weighted by Crippen LogP contribution is 2.53. The van der Waals surface area contributed by atoms with Gasteiger partial charge in [0.25, 0.3) is 0 Å². The third-order valence-corrected chi connectivity index (χ3v) is 11.4. The molecule has 0 aromatic heterocycles. The molecule has 0 fully saturated rings. The average molecular weight is 709 g/mol. The molecule has 0 bridgehead atoms. The molecular formula is C53H44N2. The number of benzene rings is 8. The zero-order chi connectivity index (χ0) is 37.4. The van der Waals surface area contributed by atoms with Crippen molar-refractivity contribution in [2.75, 3.05) is 0 Å². The molecule has 0 aliphatic heterocycles. The molecular weight excluding hydrogens is 665 g/mol. The summed E-state index contributed by atoms with van der Waals surface area (Å²) < 4.78 is 0. The van der Waals surface area contributed by atoms with Crippen LogP contribution in [0.1, 0.15) is 53.9 Å². The molecule has 8 aromatic carbocycles. The second kappa shape index (κ2) is 14.5. The van der Waals surface area contributed by atoms with Gasteiger partial charge in [0.15, 0.2) is 0 Å². The molecule has 0 spiro atoms. The van der Waals surface area contributed by atoms with Crippen molar-refractivity contribution >= 4 is 16.8 Å². The Balaban J connectivity index is 1.19. The molecule has 8 aromatic rings. The monoisotopic (exact) mass is 708 g/mol. The van der Waals surface area contributed by atoms with Crippen molar-refractivity contribution in [2.24, 2.45) is 5.73 Å². The predicted octanol–water partition coefficient (Wildman–Crippen LogP) is 13.1. The maximum Gasteiger partial charge on any atom is 0.0817 e. The molecule has 2 nitrogen and oxygen atoms in total. The van der Waals surface area contributed by atoms with Gasteiger partial charge in [-0.2, -0.15) is 0 Å². The molecule has 2 heteroatoms. The van der Waals surface area contributed by atoms with Crippen molar-refractivity contribution in [2.45, 2.75) is 31.5 Å². The van der Waals surface area contributed by atoms with Crippen LogP contribution in [0.2, 0.25) is 0 Å². The van der Waals surface area contributed by atoms with Crippen LogP contribution in [-0.4, -0.2) is 0 Å². The van der Waals surface area contributed by atoms with Crippen molar-refractivity contribution in [3.05, 3.63) is 222 Å². The molecule has 9 rings (SSSR count). The molecule has 2 unspecified atom stereocenters. The van der Waals surface area contributed by atoms with Gasteiger partial charge >= 0.3 is 0 Å². The fourth-order valence-corrected chi connectivity index (χ4v) is 8.49. The first-order valence-electron chi connectivity index (χ1n) is 19.2.